The van der Waals surface area contributed by atoms with Gasteiger partial charge in [-0.3, -0.25) is 0 Å². The molecule has 3 unspecified atom stereocenters. The molecule has 0 amide bonds. The highest BCUT2D eigenvalue weighted by molar-refractivity contribution is 5.64. The molecule has 2 bridgehead atoms. The van der Waals surface area contributed by atoms with Crippen molar-refractivity contribution in [1.82, 2.24) is 0 Å². The van der Waals surface area contributed by atoms with Crippen molar-refractivity contribution in [2.75, 3.05) is 7.11 Å². The predicted molar refractivity (Wildman–Crippen MR) is 71.0 cm³/mol. The average Bonchev–Trinajstić information content (AvgIpc) is 3.01. The number of hydrogen-bond donors (Lipinski definition) is 1. The number of ether oxygens (including phenoxy) is 3. The van der Waals surface area contributed by atoms with Crippen molar-refractivity contribution < 1.29 is 24.1 Å². The van der Waals surface area contributed by atoms with Crippen LogP contribution in [-0.4, -0.2) is 24.5 Å². The van der Waals surface area contributed by atoms with Gasteiger partial charge in [0.25, 0.3) is 0 Å². The van der Waals surface area contributed by atoms with Gasteiger partial charge in [-0.1, -0.05) is 0 Å². The maximum absolute atomic E-state index is 11.8. The van der Waals surface area contributed by atoms with E-state index in [0.717, 1.165) is 12.8 Å². The molecule has 2 aliphatic carbocycles. The number of methoxy groups -OCH3 is 1. The van der Waals surface area contributed by atoms with Gasteiger partial charge in [-0.05, 0) is 49.7 Å². The van der Waals surface area contributed by atoms with Crippen LogP contribution in [0.1, 0.15) is 25.7 Å². The lowest BCUT2D eigenvalue weighted by Gasteiger charge is -2.21. The van der Waals surface area contributed by atoms with Crippen molar-refractivity contribution in [3.05, 3.63) is 18.2 Å². The second-order valence-corrected chi connectivity index (χ2v) is 5.52. The van der Waals surface area contributed by atoms with E-state index in [0.29, 0.717) is 17.6 Å². The molecule has 0 heterocycles. The number of carbonyl (C=O) groups is 1. The fraction of sp³-hybridized carbons (Fsp3) is 0.533. The van der Waals surface area contributed by atoms with Gasteiger partial charge in [0.05, 0.1) is 7.11 Å². The molecule has 1 N–H and O–H groups in total. The lowest BCUT2D eigenvalue weighted by Crippen LogP contribution is -2.25. The zero-order chi connectivity index (χ0) is 14.1. The molecule has 0 aromatic heterocycles. The van der Waals surface area contributed by atoms with E-state index in [9.17, 15) is 9.90 Å². The van der Waals surface area contributed by atoms with Crippen molar-refractivity contribution in [2.45, 2.75) is 31.8 Å². The molecule has 0 saturated heterocycles. The van der Waals surface area contributed by atoms with Gasteiger partial charge in [-0.15, -0.1) is 0 Å². The Morgan fingerprint density at radius 2 is 2.15 bits per heavy atom. The van der Waals surface area contributed by atoms with Gasteiger partial charge in [0.1, 0.15) is 11.9 Å². The van der Waals surface area contributed by atoms with Gasteiger partial charge < -0.3 is 19.3 Å². The molecule has 3 atom stereocenters. The minimum absolute atomic E-state index is 0.00639. The summed E-state index contributed by atoms with van der Waals surface area (Å²) in [6.07, 6.45) is 3.81. The Bertz CT molecular complexity index is 513. The topological polar surface area (TPSA) is 65.0 Å². The predicted octanol–water partition coefficient (Wildman–Crippen LogP) is 3.10. The monoisotopic (exact) mass is 278 g/mol. The summed E-state index contributed by atoms with van der Waals surface area (Å²) in [5, 5.41) is 9.62. The van der Waals surface area contributed by atoms with Crippen molar-refractivity contribution in [2.24, 2.45) is 11.8 Å². The number of aromatic hydroxyl groups is 1. The number of benzene rings is 1. The van der Waals surface area contributed by atoms with E-state index in [1.54, 1.807) is 6.07 Å². The van der Waals surface area contributed by atoms with Crippen LogP contribution in [0.4, 0.5) is 4.79 Å². The lowest BCUT2D eigenvalue weighted by atomic mass is 9.98. The summed E-state index contributed by atoms with van der Waals surface area (Å²) in [7, 11) is 1.46. The van der Waals surface area contributed by atoms with Crippen LogP contribution >= 0.6 is 0 Å². The van der Waals surface area contributed by atoms with Crippen LogP contribution < -0.4 is 9.47 Å². The molecule has 0 radical (unpaired) electrons. The zero-order valence-electron chi connectivity index (χ0n) is 11.4. The SMILES string of the molecule is COc1ccc(OC(=O)OC2CC3CCC2C3)cc1O. The molecule has 2 aliphatic rings. The van der Waals surface area contributed by atoms with Gasteiger partial charge >= 0.3 is 6.16 Å². The molecule has 0 aliphatic heterocycles. The third kappa shape index (κ3) is 2.53. The first-order valence-electron chi connectivity index (χ1n) is 6.91. The van der Waals surface area contributed by atoms with Crippen molar-refractivity contribution in [3.8, 4) is 17.2 Å². The van der Waals surface area contributed by atoms with Gasteiger partial charge in [-0.25, -0.2) is 4.79 Å². The summed E-state index contributed by atoms with van der Waals surface area (Å²) < 4.78 is 15.4. The quantitative estimate of drug-likeness (QED) is 0.680. The van der Waals surface area contributed by atoms with E-state index in [4.69, 9.17) is 14.2 Å². The molecule has 2 fully saturated rings. The molecular weight excluding hydrogens is 260 g/mol. The second kappa shape index (κ2) is 5.23. The average molecular weight is 278 g/mol. The van der Waals surface area contributed by atoms with Crippen LogP contribution in [0.15, 0.2) is 18.2 Å². The summed E-state index contributed by atoms with van der Waals surface area (Å²) in [4.78, 5) is 11.8. The minimum Gasteiger partial charge on any atom is -0.504 e. The molecule has 2 saturated carbocycles. The molecule has 20 heavy (non-hydrogen) atoms. The summed E-state index contributed by atoms with van der Waals surface area (Å²) in [6, 6.07) is 4.43. The van der Waals surface area contributed by atoms with Crippen molar-refractivity contribution in [1.29, 1.82) is 0 Å². The molecule has 5 nitrogen and oxygen atoms in total. The Kier molecular flexibility index (Phi) is 3.42. The second-order valence-electron chi connectivity index (χ2n) is 5.52. The van der Waals surface area contributed by atoms with Gasteiger partial charge in [0, 0.05) is 6.07 Å². The lowest BCUT2D eigenvalue weighted by molar-refractivity contribution is 0.0331. The molecule has 108 valence electrons. The first kappa shape index (κ1) is 13.1. The Labute approximate surface area is 117 Å². The Hall–Kier alpha value is -1.91. The molecule has 3 rings (SSSR count). The highest BCUT2D eigenvalue weighted by Gasteiger charge is 2.42. The Balaban J connectivity index is 1.57. The summed E-state index contributed by atoms with van der Waals surface area (Å²) in [6.45, 7) is 0. The first-order valence-corrected chi connectivity index (χ1v) is 6.91. The first-order chi connectivity index (χ1) is 9.65. The highest BCUT2D eigenvalue weighted by Crippen LogP contribution is 2.46. The van der Waals surface area contributed by atoms with Crippen LogP contribution in [0, 0.1) is 11.8 Å². The van der Waals surface area contributed by atoms with Gasteiger partial charge in [-0.2, -0.15) is 0 Å². The van der Waals surface area contributed by atoms with Gasteiger partial charge in [0.15, 0.2) is 11.5 Å². The maximum atomic E-state index is 11.8. The summed E-state index contributed by atoms with van der Waals surface area (Å²) in [5.41, 5.74) is 0. The fourth-order valence-corrected chi connectivity index (χ4v) is 3.31. The molecule has 5 heteroatoms. The van der Waals surface area contributed by atoms with Crippen LogP contribution in [-0.2, 0) is 4.74 Å². The van der Waals surface area contributed by atoms with E-state index >= 15 is 0 Å². The highest BCUT2D eigenvalue weighted by atomic mass is 16.7. The molecule has 1 aromatic carbocycles. The Morgan fingerprint density at radius 1 is 1.30 bits per heavy atom. The molecule has 0 spiro atoms. The van der Waals surface area contributed by atoms with Crippen molar-refractivity contribution >= 4 is 6.16 Å². The Morgan fingerprint density at radius 3 is 2.75 bits per heavy atom. The number of fused-ring (bicyclic) bond motifs is 2. The summed E-state index contributed by atoms with van der Waals surface area (Å²) in [5.74, 6) is 1.72. The third-order valence-electron chi connectivity index (χ3n) is 4.27. The number of hydrogen-bond acceptors (Lipinski definition) is 5. The van der Waals surface area contributed by atoms with Crippen LogP contribution in [0.25, 0.3) is 0 Å². The number of phenolic OH excluding ortho intramolecular Hbond substituents is 1. The van der Waals surface area contributed by atoms with E-state index in [2.05, 4.69) is 0 Å². The number of phenols is 1. The van der Waals surface area contributed by atoms with Crippen LogP contribution in [0.3, 0.4) is 0 Å². The van der Waals surface area contributed by atoms with Crippen molar-refractivity contribution in [3.63, 3.8) is 0 Å². The molecular formula is C15H18O5. The third-order valence-corrected chi connectivity index (χ3v) is 4.27. The summed E-state index contributed by atoms with van der Waals surface area (Å²) >= 11 is 0. The van der Waals surface area contributed by atoms with E-state index < -0.39 is 6.16 Å². The van der Waals surface area contributed by atoms with Crippen LogP contribution in [0.5, 0.6) is 17.2 Å². The van der Waals surface area contributed by atoms with E-state index in [-0.39, 0.29) is 17.6 Å². The number of rotatable bonds is 3. The minimum atomic E-state index is -0.702. The molecule has 1 aromatic rings. The zero-order valence-corrected chi connectivity index (χ0v) is 11.4. The van der Waals surface area contributed by atoms with Gasteiger partial charge in [0.2, 0.25) is 0 Å². The van der Waals surface area contributed by atoms with E-state index in [1.165, 1.54) is 32.1 Å². The smallest absolute Gasteiger partial charge is 0.504 e. The van der Waals surface area contributed by atoms with Crippen LogP contribution in [0.2, 0.25) is 0 Å². The maximum Gasteiger partial charge on any atom is 0.514 e. The standard InChI is InChI=1S/C15H18O5/c1-18-13-5-4-11(8-12(13)16)19-15(17)20-14-7-9-2-3-10(14)6-9/h4-5,8-10,14,16H,2-3,6-7H2,1H3. The van der Waals surface area contributed by atoms with E-state index in [1.807, 2.05) is 0 Å². The number of carbonyl (C=O) groups excluding carboxylic acids is 1. The largest absolute Gasteiger partial charge is 0.514 e. The fourth-order valence-electron chi connectivity index (χ4n) is 3.31. The normalized spacial score (nSPS) is 27.4.